The van der Waals surface area contributed by atoms with Gasteiger partial charge in [0.2, 0.25) is 0 Å². The molecule has 0 atom stereocenters. The van der Waals surface area contributed by atoms with E-state index in [0.29, 0.717) is 5.03 Å². The first kappa shape index (κ1) is 13.3. The van der Waals surface area contributed by atoms with Crippen LogP contribution in [0.25, 0.3) is 0 Å². The van der Waals surface area contributed by atoms with E-state index in [0.717, 1.165) is 0 Å². The second kappa shape index (κ2) is 5.04. The number of hydrogen-bond donors (Lipinski definition) is 1. The summed E-state index contributed by atoms with van der Waals surface area (Å²) in [5.41, 5.74) is -0.342. The molecule has 0 saturated heterocycles. The van der Waals surface area contributed by atoms with Crippen LogP contribution in [0.5, 0.6) is 0 Å². The van der Waals surface area contributed by atoms with E-state index in [9.17, 15) is 20.2 Å². The molecule has 0 bridgehead atoms. The van der Waals surface area contributed by atoms with Crippen LogP contribution < -0.4 is 5.32 Å². The molecule has 0 amide bonds. The van der Waals surface area contributed by atoms with Gasteiger partial charge in [0.25, 0.3) is 11.4 Å². The molecule has 1 aliphatic heterocycles. The van der Waals surface area contributed by atoms with Gasteiger partial charge in [0, 0.05) is 14.1 Å². The van der Waals surface area contributed by atoms with Crippen LogP contribution in [0.1, 0.15) is 6.42 Å². The maximum absolute atomic E-state index is 10.9. The molecule has 1 aliphatic rings. The second-order valence-electron chi connectivity index (χ2n) is 3.25. The van der Waals surface area contributed by atoms with Crippen LogP contribution in [0.4, 0.5) is 0 Å². The molecule has 0 aliphatic carbocycles. The van der Waals surface area contributed by atoms with E-state index in [1.54, 1.807) is 20.4 Å². The molecule has 1 heterocycles. The molecular weight excluding hydrogens is 248 g/mol. The Balaban J connectivity index is 3.29. The quantitative estimate of drug-likeness (QED) is 0.589. The fourth-order valence-corrected chi connectivity index (χ4v) is 2.41. The standard InChI is InChI=1S/C8H12N4O4S/c1-9-7-5(11(13)14)4-6(12(15)16)8(17-3)10(7)2/h9H,4H2,1-3H3. The van der Waals surface area contributed by atoms with Crippen molar-refractivity contribution in [1.29, 1.82) is 0 Å². The predicted molar refractivity (Wildman–Crippen MR) is 63.0 cm³/mol. The van der Waals surface area contributed by atoms with E-state index >= 15 is 0 Å². The van der Waals surface area contributed by atoms with Crippen molar-refractivity contribution in [2.75, 3.05) is 20.4 Å². The third-order valence-electron chi connectivity index (χ3n) is 2.37. The zero-order valence-electron chi connectivity index (χ0n) is 9.59. The van der Waals surface area contributed by atoms with Crippen LogP contribution in [0.2, 0.25) is 0 Å². The molecular formula is C8H12N4O4S. The minimum absolute atomic E-state index is 0.147. The van der Waals surface area contributed by atoms with Gasteiger partial charge in [-0.15, -0.1) is 11.8 Å². The highest BCUT2D eigenvalue weighted by molar-refractivity contribution is 8.02. The summed E-state index contributed by atoms with van der Waals surface area (Å²) in [7, 11) is 3.11. The molecule has 1 N–H and O–H groups in total. The molecule has 0 aromatic carbocycles. The van der Waals surface area contributed by atoms with Crippen molar-refractivity contribution in [2.45, 2.75) is 6.42 Å². The molecule has 0 spiro atoms. The smallest absolute Gasteiger partial charge is 0.297 e. The maximum Gasteiger partial charge on any atom is 0.297 e. The zero-order chi connectivity index (χ0) is 13.2. The number of rotatable bonds is 4. The Morgan fingerprint density at radius 1 is 1.29 bits per heavy atom. The van der Waals surface area contributed by atoms with Gasteiger partial charge in [-0.1, -0.05) is 0 Å². The lowest BCUT2D eigenvalue weighted by Gasteiger charge is -2.26. The average Bonchev–Trinajstić information content (AvgIpc) is 2.27. The SMILES string of the molecule is CNC1=C([N+](=O)[O-])CC([N+](=O)[O-])=C(SC)N1C. The van der Waals surface area contributed by atoms with Crippen molar-refractivity contribution < 1.29 is 9.85 Å². The van der Waals surface area contributed by atoms with Gasteiger partial charge in [-0.05, 0) is 6.26 Å². The molecule has 0 radical (unpaired) electrons. The molecule has 9 heteroatoms. The fourth-order valence-electron chi connectivity index (χ4n) is 1.67. The second-order valence-corrected chi connectivity index (χ2v) is 4.05. The summed E-state index contributed by atoms with van der Waals surface area (Å²) in [5.74, 6) is 0.282. The van der Waals surface area contributed by atoms with Crippen LogP contribution in [0.3, 0.4) is 0 Å². The van der Waals surface area contributed by atoms with Gasteiger partial charge < -0.3 is 10.2 Å². The van der Waals surface area contributed by atoms with Crippen LogP contribution in [-0.2, 0) is 0 Å². The Kier molecular flexibility index (Phi) is 3.94. The van der Waals surface area contributed by atoms with Gasteiger partial charge in [-0.25, -0.2) is 0 Å². The number of nitro groups is 2. The van der Waals surface area contributed by atoms with E-state index < -0.39 is 9.85 Å². The third-order valence-corrected chi connectivity index (χ3v) is 3.26. The first-order valence-corrected chi connectivity index (χ1v) is 5.87. The van der Waals surface area contributed by atoms with Crippen LogP contribution >= 0.6 is 11.8 Å². The van der Waals surface area contributed by atoms with Crippen LogP contribution in [-0.4, -0.2) is 35.1 Å². The van der Waals surface area contributed by atoms with Gasteiger partial charge in [0.05, 0.1) is 9.85 Å². The number of thioether (sulfide) groups is 1. The maximum atomic E-state index is 10.9. The highest BCUT2D eigenvalue weighted by Gasteiger charge is 2.37. The minimum Gasteiger partial charge on any atom is -0.369 e. The fraction of sp³-hybridized carbons (Fsp3) is 0.500. The van der Waals surface area contributed by atoms with Crippen molar-refractivity contribution >= 4 is 11.8 Å². The molecule has 0 aromatic heterocycles. The average molecular weight is 260 g/mol. The Hall–Kier alpha value is -1.77. The number of hydrogen-bond acceptors (Lipinski definition) is 7. The van der Waals surface area contributed by atoms with Gasteiger partial charge in [0.1, 0.15) is 6.42 Å². The minimum atomic E-state index is -0.594. The molecule has 1 rings (SSSR count). The monoisotopic (exact) mass is 260 g/mol. The molecule has 8 nitrogen and oxygen atoms in total. The lowest BCUT2D eigenvalue weighted by Crippen LogP contribution is -2.33. The molecule has 0 saturated carbocycles. The normalized spacial score (nSPS) is 16.3. The van der Waals surface area contributed by atoms with E-state index in [-0.39, 0.29) is 23.6 Å². The van der Waals surface area contributed by atoms with E-state index in [2.05, 4.69) is 5.32 Å². The Bertz CT molecular complexity index is 393. The Morgan fingerprint density at radius 2 is 1.82 bits per heavy atom. The van der Waals surface area contributed by atoms with E-state index in [4.69, 9.17) is 0 Å². The van der Waals surface area contributed by atoms with Crippen molar-refractivity contribution in [2.24, 2.45) is 0 Å². The zero-order valence-corrected chi connectivity index (χ0v) is 10.4. The van der Waals surface area contributed by atoms with E-state index in [1.165, 1.54) is 16.7 Å². The lowest BCUT2D eigenvalue weighted by atomic mass is 10.2. The van der Waals surface area contributed by atoms with Crippen molar-refractivity contribution in [1.82, 2.24) is 10.2 Å². The van der Waals surface area contributed by atoms with Gasteiger partial charge in [-0.2, -0.15) is 0 Å². The lowest BCUT2D eigenvalue weighted by molar-refractivity contribution is -0.454. The number of nitrogens with zero attached hydrogens (tertiary/aromatic N) is 3. The number of nitrogens with one attached hydrogen (secondary N) is 1. The summed E-state index contributed by atoms with van der Waals surface area (Å²) in [5, 5.41) is 24.8. The summed E-state index contributed by atoms with van der Waals surface area (Å²) in [6.45, 7) is 0. The first-order chi connectivity index (χ1) is 7.93. The van der Waals surface area contributed by atoms with Gasteiger partial charge >= 0.3 is 0 Å². The summed E-state index contributed by atoms with van der Waals surface area (Å²) in [6.07, 6.45) is 1.41. The molecule has 0 aromatic rings. The van der Waals surface area contributed by atoms with Crippen LogP contribution in [0, 0.1) is 20.2 Å². The largest absolute Gasteiger partial charge is 0.369 e. The predicted octanol–water partition coefficient (Wildman–Crippen LogP) is 0.796. The van der Waals surface area contributed by atoms with Gasteiger partial charge in [-0.3, -0.25) is 20.2 Å². The van der Waals surface area contributed by atoms with Gasteiger partial charge in [0.15, 0.2) is 10.9 Å². The molecule has 17 heavy (non-hydrogen) atoms. The summed E-state index contributed by atoms with van der Waals surface area (Å²) >= 11 is 1.19. The van der Waals surface area contributed by atoms with Crippen molar-refractivity contribution in [3.63, 3.8) is 0 Å². The van der Waals surface area contributed by atoms with Crippen molar-refractivity contribution in [3.05, 3.63) is 42.5 Å². The van der Waals surface area contributed by atoms with Crippen LogP contribution in [0.15, 0.2) is 22.2 Å². The molecule has 0 unspecified atom stereocenters. The summed E-state index contributed by atoms with van der Waals surface area (Å²) < 4.78 is 0. The summed E-state index contributed by atoms with van der Waals surface area (Å²) in [6, 6.07) is 0. The topological polar surface area (TPSA) is 102 Å². The highest BCUT2D eigenvalue weighted by Crippen LogP contribution is 2.33. The molecule has 94 valence electrons. The van der Waals surface area contributed by atoms with E-state index in [1.807, 2.05) is 0 Å². The third kappa shape index (κ3) is 2.33. The van der Waals surface area contributed by atoms with Crippen molar-refractivity contribution in [3.8, 4) is 0 Å². The Labute approximate surface area is 102 Å². The molecule has 0 fully saturated rings. The summed E-state index contributed by atoms with van der Waals surface area (Å²) in [4.78, 5) is 22.0. The highest BCUT2D eigenvalue weighted by atomic mass is 32.2. The Morgan fingerprint density at radius 3 is 2.18 bits per heavy atom. The first-order valence-electron chi connectivity index (χ1n) is 4.64.